The molecular formula is C19H22N2O3. The molecule has 5 nitrogen and oxygen atoms in total. The maximum Gasteiger partial charge on any atom is 0.256 e. The molecule has 24 heavy (non-hydrogen) atoms. The highest BCUT2D eigenvalue weighted by Crippen LogP contribution is 2.22. The lowest BCUT2D eigenvalue weighted by Crippen LogP contribution is -2.31. The van der Waals surface area contributed by atoms with Gasteiger partial charge in [-0.15, -0.1) is 0 Å². The van der Waals surface area contributed by atoms with Gasteiger partial charge in [-0.05, 0) is 29.8 Å². The minimum atomic E-state index is -0.158. The largest absolute Gasteiger partial charge is 0.508 e. The molecule has 0 aliphatic rings. The van der Waals surface area contributed by atoms with Crippen molar-refractivity contribution in [3.8, 4) is 5.75 Å². The molecular weight excluding hydrogens is 304 g/mol. The number of aromatic hydroxyl groups is 1. The summed E-state index contributed by atoms with van der Waals surface area (Å²) < 4.78 is 0. The fourth-order valence-electron chi connectivity index (χ4n) is 2.47. The predicted molar refractivity (Wildman–Crippen MR) is 94.0 cm³/mol. The number of carbonyl (C=O) groups is 2. The molecule has 0 spiro atoms. The van der Waals surface area contributed by atoms with Crippen LogP contribution in [-0.4, -0.2) is 35.9 Å². The van der Waals surface area contributed by atoms with Gasteiger partial charge in [0.05, 0.1) is 11.3 Å². The molecule has 2 aromatic rings. The molecule has 0 atom stereocenters. The number of hydrogen-bond acceptors (Lipinski definition) is 3. The molecule has 0 heterocycles. The van der Waals surface area contributed by atoms with E-state index in [1.165, 1.54) is 4.90 Å². The number of hydrogen-bond donors (Lipinski definition) is 1. The van der Waals surface area contributed by atoms with E-state index in [2.05, 4.69) is 0 Å². The Labute approximate surface area is 142 Å². The van der Waals surface area contributed by atoms with Gasteiger partial charge >= 0.3 is 0 Å². The van der Waals surface area contributed by atoms with Crippen molar-refractivity contribution in [2.75, 3.05) is 19.0 Å². The van der Waals surface area contributed by atoms with Crippen molar-refractivity contribution in [3.05, 3.63) is 59.7 Å². The minimum absolute atomic E-state index is 0.0450. The van der Waals surface area contributed by atoms with Crippen LogP contribution in [0.1, 0.15) is 29.3 Å². The van der Waals surface area contributed by atoms with Crippen molar-refractivity contribution in [2.24, 2.45) is 0 Å². The zero-order valence-corrected chi connectivity index (χ0v) is 14.2. The first-order valence-electron chi connectivity index (χ1n) is 7.83. The minimum Gasteiger partial charge on any atom is -0.508 e. The van der Waals surface area contributed by atoms with Crippen LogP contribution in [0.5, 0.6) is 5.75 Å². The van der Waals surface area contributed by atoms with Gasteiger partial charge in [-0.3, -0.25) is 9.59 Å². The van der Waals surface area contributed by atoms with Gasteiger partial charge in [0, 0.05) is 27.1 Å². The normalized spacial score (nSPS) is 10.3. The Hall–Kier alpha value is -2.82. The molecule has 0 aromatic heterocycles. The van der Waals surface area contributed by atoms with E-state index in [0.29, 0.717) is 24.2 Å². The molecule has 0 saturated heterocycles. The van der Waals surface area contributed by atoms with E-state index in [0.717, 1.165) is 5.56 Å². The van der Waals surface area contributed by atoms with Crippen LogP contribution >= 0.6 is 0 Å². The summed E-state index contributed by atoms with van der Waals surface area (Å²) in [6.07, 6.45) is 0.377. The molecule has 0 fully saturated rings. The summed E-state index contributed by atoms with van der Waals surface area (Å²) in [5.74, 6) is -0.0105. The van der Waals surface area contributed by atoms with Gasteiger partial charge in [-0.1, -0.05) is 31.2 Å². The Kier molecular flexibility index (Phi) is 5.58. The van der Waals surface area contributed by atoms with Crippen molar-refractivity contribution in [1.82, 2.24) is 4.90 Å². The van der Waals surface area contributed by atoms with Crippen LogP contribution in [0.25, 0.3) is 0 Å². The average Bonchev–Trinajstić information content (AvgIpc) is 2.61. The molecule has 0 aliphatic carbocycles. The molecule has 1 N–H and O–H groups in total. The Morgan fingerprint density at radius 1 is 1.00 bits per heavy atom. The fourth-order valence-corrected chi connectivity index (χ4v) is 2.47. The van der Waals surface area contributed by atoms with E-state index >= 15 is 0 Å². The first-order valence-corrected chi connectivity index (χ1v) is 7.83. The van der Waals surface area contributed by atoms with Crippen LogP contribution in [0.15, 0.2) is 48.5 Å². The number of rotatable bonds is 5. The topological polar surface area (TPSA) is 60.9 Å². The first kappa shape index (κ1) is 17.5. The van der Waals surface area contributed by atoms with Crippen LogP contribution in [0.4, 0.5) is 5.69 Å². The van der Waals surface area contributed by atoms with Gasteiger partial charge in [0.2, 0.25) is 5.91 Å². The standard InChI is InChI=1S/C19H22N2O3/c1-4-18(23)21(3)17-8-6-5-7-16(17)19(24)20(2)13-14-9-11-15(22)12-10-14/h5-12,22H,4,13H2,1-3H3. The molecule has 126 valence electrons. The Balaban J connectivity index is 2.22. The maximum absolute atomic E-state index is 12.8. The summed E-state index contributed by atoms with van der Waals surface area (Å²) in [4.78, 5) is 27.9. The van der Waals surface area contributed by atoms with Gasteiger partial charge in [0.1, 0.15) is 5.75 Å². The number of amides is 2. The zero-order chi connectivity index (χ0) is 17.7. The lowest BCUT2D eigenvalue weighted by molar-refractivity contribution is -0.118. The van der Waals surface area contributed by atoms with Crippen LogP contribution in [0, 0.1) is 0 Å². The van der Waals surface area contributed by atoms with E-state index < -0.39 is 0 Å². The Bertz CT molecular complexity index is 726. The number of carbonyl (C=O) groups excluding carboxylic acids is 2. The van der Waals surface area contributed by atoms with Crippen molar-refractivity contribution in [1.29, 1.82) is 0 Å². The molecule has 0 saturated carbocycles. The number of anilines is 1. The second-order valence-electron chi connectivity index (χ2n) is 5.65. The van der Waals surface area contributed by atoms with Crippen LogP contribution < -0.4 is 4.90 Å². The molecule has 0 radical (unpaired) electrons. The predicted octanol–water partition coefficient (Wildman–Crippen LogP) is 3.04. The van der Waals surface area contributed by atoms with Gasteiger partial charge in [-0.25, -0.2) is 0 Å². The van der Waals surface area contributed by atoms with Crippen LogP contribution in [0.3, 0.4) is 0 Å². The van der Waals surface area contributed by atoms with Crippen molar-refractivity contribution >= 4 is 17.5 Å². The zero-order valence-electron chi connectivity index (χ0n) is 14.2. The number of phenolic OH excluding ortho intramolecular Hbond substituents is 1. The third-order valence-electron chi connectivity index (χ3n) is 3.88. The van der Waals surface area contributed by atoms with E-state index in [-0.39, 0.29) is 17.6 Å². The third kappa shape index (κ3) is 3.93. The average molecular weight is 326 g/mol. The summed E-state index contributed by atoms with van der Waals surface area (Å²) in [7, 11) is 3.39. The van der Waals surface area contributed by atoms with Crippen LogP contribution in [0.2, 0.25) is 0 Å². The molecule has 2 amide bonds. The van der Waals surface area contributed by atoms with E-state index in [4.69, 9.17) is 0 Å². The number of benzene rings is 2. The Morgan fingerprint density at radius 2 is 1.62 bits per heavy atom. The molecule has 2 rings (SSSR count). The highest BCUT2D eigenvalue weighted by Gasteiger charge is 2.20. The molecule has 2 aromatic carbocycles. The van der Waals surface area contributed by atoms with E-state index in [9.17, 15) is 14.7 Å². The maximum atomic E-state index is 12.8. The smallest absolute Gasteiger partial charge is 0.256 e. The second kappa shape index (κ2) is 7.64. The van der Waals surface area contributed by atoms with Gasteiger partial charge in [0.15, 0.2) is 0 Å². The summed E-state index contributed by atoms with van der Waals surface area (Å²) in [6.45, 7) is 2.21. The first-order chi connectivity index (χ1) is 11.4. The lowest BCUT2D eigenvalue weighted by Gasteiger charge is -2.23. The van der Waals surface area contributed by atoms with Gasteiger partial charge in [0.25, 0.3) is 5.91 Å². The second-order valence-corrected chi connectivity index (χ2v) is 5.65. The number of nitrogens with zero attached hydrogens (tertiary/aromatic N) is 2. The van der Waals surface area contributed by atoms with Crippen LogP contribution in [-0.2, 0) is 11.3 Å². The van der Waals surface area contributed by atoms with Gasteiger partial charge in [-0.2, -0.15) is 0 Å². The highest BCUT2D eigenvalue weighted by atomic mass is 16.3. The lowest BCUT2D eigenvalue weighted by atomic mass is 10.1. The van der Waals surface area contributed by atoms with Crippen molar-refractivity contribution < 1.29 is 14.7 Å². The van der Waals surface area contributed by atoms with Crippen molar-refractivity contribution in [2.45, 2.75) is 19.9 Å². The SMILES string of the molecule is CCC(=O)N(C)c1ccccc1C(=O)N(C)Cc1ccc(O)cc1. The molecule has 0 bridgehead atoms. The summed E-state index contributed by atoms with van der Waals surface area (Å²) in [6, 6.07) is 13.8. The van der Waals surface area contributed by atoms with Gasteiger partial charge < -0.3 is 14.9 Å². The van der Waals surface area contributed by atoms with E-state index in [1.54, 1.807) is 68.4 Å². The number of para-hydroxylation sites is 1. The van der Waals surface area contributed by atoms with E-state index in [1.807, 2.05) is 6.07 Å². The molecule has 0 aliphatic heterocycles. The summed E-state index contributed by atoms with van der Waals surface area (Å²) in [5.41, 5.74) is 2.01. The van der Waals surface area contributed by atoms with Crippen molar-refractivity contribution in [3.63, 3.8) is 0 Å². The number of phenols is 1. The molecule has 5 heteroatoms. The summed E-state index contributed by atoms with van der Waals surface area (Å²) >= 11 is 0. The third-order valence-corrected chi connectivity index (χ3v) is 3.88. The quantitative estimate of drug-likeness (QED) is 0.919. The molecule has 0 unspecified atom stereocenters. The highest BCUT2D eigenvalue weighted by molar-refractivity contribution is 6.04. The fraction of sp³-hybridized carbons (Fsp3) is 0.263. The summed E-state index contributed by atoms with van der Waals surface area (Å²) in [5, 5.41) is 9.33. The monoisotopic (exact) mass is 326 g/mol. The Morgan fingerprint density at radius 3 is 2.25 bits per heavy atom.